The average molecular weight is 198 g/mol. The van der Waals surface area contributed by atoms with Gasteiger partial charge in [0.25, 0.3) is 0 Å². The van der Waals surface area contributed by atoms with Crippen LogP contribution in [0.2, 0.25) is 0 Å². The SMILES string of the molecule is O=C1OC2CC=CC=C2c2ccccc21. The third-order valence-corrected chi connectivity index (χ3v) is 2.82. The minimum atomic E-state index is -0.206. The highest BCUT2D eigenvalue weighted by Gasteiger charge is 2.30. The van der Waals surface area contributed by atoms with E-state index in [1.165, 1.54) is 0 Å². The Morgan fingerprint density at radius 2 is 2.00 bits per heavy atom. The first-order valence-corrected chi connectivity index (χ1v) is 5.03. The second-order valence-electron chi connectivity index (χ2n) is 3.73. The predicted molar refractivity (Wildman–Crippen MR) is 57.4 cm³/mol. The van der Waals surface area contributed by atoms with Crippen LogP contribution in [0.5, 0.6) is 0 Å². The highest BCUT2D eigenvalue weighted by Crippen LogP contribution is 2.33. The molecule has 1 unspecified atom stereocenters. The van der Waals surface area contributed by atoms with Crippen LogP contribution in [0.3, 0.4) is 0 Å². The monoisotopic (exact) mass is 198 g/mol. The lowest BCUT2D eigenvalue weighted by molar-refractivity contribution is 0.0394. The van der Waals surface area contributed by atoms with Crippen LogP contribution in [0.25, 0.3) is 5.57 Å². The Labute approximate surface area is 87.9 Å². The van der Waals surface area contributed by atoms with Crippen molar-refractivity contribution >= 4 is 11.5 Å². The summed E-state index contributed by atoms with van der Waals surface area (Å²) in [5, 5.41) is 0. The summed E-state index contributed by atoms with van der Waals surface area (Å²) in [6.07, 6.45) is 6.76. The maximum absolute atomic E-state index is 11.7. The van der Waals surface area contributed by atoms with Crippen LogP contribution in [0.15, 0.2) is 42.5 Å². The Bertz CT molecular complexity index is 483. The molecule has 1 aromatic carbocycles. The Hall–Kier alpha value is -1.83. The molecule has 0 N–H and O–H groups in total. The van der Waals surface area contributed by atoms with Gasteiger partial charge in [0.1, 0.15) is 6.10 Å². The summed E-state index contributed by atoms with van der Waals surface area (Å²) in [4.78, 5) is 11.7. The maximum Gasteiger partial charge on any atom is 0.339 e. The van der Waals surface area contributed by atoms with Crippen molar-refractivity contribution in [1.29, 1.82) is 0 Å². The van der Waals surface area contributed by atoms with E-state index in [2.05, 4.69) is 0 Å². The normalized spacial score (nSPS) is 22.5. The fourth-order valence-electron chi connectivity index (χ4n) is 2.09. The van der Waals surface area contributed by atoms with Gasteiger partial charge in [0.2, 0.25) is 0 Å². The fraction of sp³-hybridized carbons (Fsp3) is 0.154. The molecule has 1 atom stereocenters. The molecular formula is C13H10O2. The van der Waals surface area contributed by atoms with E-state index in [-0.39, 0.29) is 12.1 Å². The molecule has 15 heavy (non-hydrogen) atoms. The summed E-state index contributed by atoms with van der Waals surface area (Å²) in [6, 6.07) is 7.61. The van der Waals surface area contributed by atoms with Gasteiger partial charge in [0, 0.05) is 12.0 Å². The predicted octanol–water partition coefficient (Wildman–Crippen LogP) is 2.57. The van der Waals surface area contributed by atoms with Gasteiger partial charge >= 0.3 is 5.97 Å². The first-order chi connectivity index (χ1) is 7.36. The molecule has 0 aromatic heterocycles. The zero-order valence-corrected chi connectivity index (χ0v) is 8.14. The molecule has 0 radical (unpaired) electrons. The van der Waals surface area contributed by atoms with E-state index in [0.717, 1.165) is 17.6 Å². The maximum atomic E-state index is 11.7. The number of carbonyl (C=O) groups excluding carboxylic acids is 1. The molecule has 3 rings (SSSR count). The third-order valence-electron chi connectivity index (χ3n) is 2.82. The lowest BCUT2D eigenvalue weighted by Gasteiger charge is -2.28. The van der Waals surface area contributed by atoms with Crippen LogP contribution >= 0.6 is 0 Å². The van der Waals surface area contributed by atoms with Crippen molar-refractivity contribution in [3.05, 3.63) is 53.6 Å². The Kier molecular flexibility index (Phi) is 1.75. The molecule has 2 heteroatoms. The van der Waals surface area contributed by atoms with Gasteiger partial charge in [-0.2, -0.15) is 0 Å². The first kappa shape index (κ1) is 8.48. The lowest BCUT2D eigenvalue weighted by atomic mass is 9.89. The number of ether oxygens (including phenoxy) is 1. The minimum Gasteiger partial charge on any atom is -0.454 e. The third kappa shape index (κ3) is 1.22. The number of allylic oxidation sites excluding steroid dienone is 2. The standard InChI is InChI=1S/C13H10O2/c14-13-11-7-2-1-5-9(11)10-6-3-4-8-12(10)15-13/h1-7,12H,8H2. The van der Waals surface area contributed by atoms with Gasteiger partial charge in [-0.15, -0.1) is 0 Å². The molecule has 1 aromatic rings. The quantitative estimate of drug-likeness (QED) is 0.599. The minimum absolute atomic E-state index is 0.0857. The number of rotatable bonds is 0. The molecule has 0 saturated heterocycles. The lowest BCUT2D eigenvalue weighted by Crippen LogP contribution is -2.27. The highest BCUT2D eigenvalue weighted by molar-refractivity contribution is 5.99. The molecule has 1 aliphatic heterocycles. The van der Waals surface area contributed by atoms with Crippen LogP contribution in [-0.4, -0.2) is 12.1 Å². The molecule has 2 nitrogen and oxygen atoms in total. The van der Waals surface area contributed by atoms with E-state index >= 15 is 0 Å². The van der Waals surface area contributed by atoms with Gasteiger partial charge < -0.3 is 4.74 Å². The van der Waals surface area contributed by atoms with Gasteiger partial charge in [-0.3, -0.25) is 0 Å². The van der Waals surface area contributed by atoms with Crippen molar-refractivity contribution in [2.75, 3.05) is 0 Å². The van der Waals surface area contributed by atoms with E-state index in [1.807, 2.05) is 42.5 Å². The molecule has 1 heterocycles. The Balaban J connectivity index is 2.22. The van der Waals surface area contributed by atoms with Crippen molar-refractivity contribution in [3.63, 3.8) is 0 Å². The molecule has 0 fully saturated rings. The summed E-state index contributed by atoms with van der Waals surface area (Å²) in [6.45, 7) is 0. The highest BCUT2D eigenvalue weighted by atomic mass is 16.5. The number of benzene rings is 1. The molecule has 0 saturated carbocycles. The Morgan fingerprint density at radius 3 is 2.87 bits per heavy atom. The molecule has 2 aliphatic rings. The van der Waals surface area contributed by atoms with Gasteiger partial charge in [0.05, 0.1) is 5.56 Å². The first-order valence-electron chi connectivity index (χ1n) is 5.03. The van der Waals surface area contributed by atoms with Crippen molar-refractivity contribution in [3.8, 4) is 0 Å². The zero-order chi connectivity index (χ0) is 10.3. The number of fused-ring (bicyclic) bond motifs is 3. The number of carbonyl (C=O) groups is 1. The van der Waals surface area contributed by atoms with Gasteiger partial charge in [-0.1, -0.05) is 36.4 Å². The second-order valence-corrected chi connectivity index (χ2v) is 3.73. The summed E-state index contributed by atoms with van der Waals surface area (Å²) < 4.78 is 5.36. The second kappa shape index (κ2) is 3.09. The summed E-state index contributed by atoms with van der Waals surface area (Å²) in [5.74, 6) is -0.206. The molecule has 74 valence electrons. The number of hydrogen-bond acceptors (Lipinski definition) is 2. The van der Waals surface area contributed by atoms with E-state index in [9.17, 15) is 4.79 Å². The van der Waals surface area contributed by atoms with E-state index in [0.29, 0.717) is 5.56 Å². The topological polar surface area (TPSA) is 26.3 Å². The van der Waals surface area contributed by atoms with Gasteiger partial charge in [-0.05, 0) is 11.6 Å². The summed E-state index contributed by atoms with van der Waals surface area (Å²) >= 11 is 0. The van der Waals surface area contributed by atoms with Gasteiger partial charge in [-0.25, -0.2) is 4.79 Å². The van der Waals surface area contributed by atoms with Crippen LogP contribution in [0.1, 0.15) is 22.3 Å². The summed E-state index contributed by atoms with van der Waals surface area (Å²) in [7, 11) is 0. The van der Waals surface area contributed by atoms with Gasteiger partial charge in [0.15, 0.2) is 0 Å². The van der Waals surface area contributed by atoms with Crippen LogP contribution in [0.4, 0.5) is 0 Å². The summed E-state index contributed by atoms with van der Waals surface area (Å²) in [5.41, 5.74) is 2.81. The van der Waals surface area contributed by atoms with Crippen molar-refractivity contribution in [1.82, 2.24) is 0 Å². The smallest absolute Gasteiger partial charge is 0.339 e. The fourth-order valence-corrected chi connectivity index (χ4v) is 2.09. The van der Waals surface area contributed by atoms with Crippen molar-refractivity contribution in [2.24, 2.45) is 0 Å². The van der Waals surface area contributed by atoms with Crippen LogP contribution in [-0.2, 0) is 4.74 Å². The molecular weight excluding hydrogens is 188 g/mol. The molecule has 0 amide bonds. The molecule has 0 bridgehead atoms. The van der Waals surface area contributed by atoms with Crippen molar-refractivity contribution in [2.45, 2.75) is 12.5 Å². The largest absolute Gasteiger partial charge is 0.454 e. The van der Waals surface area contributed by atoms with Crippen LogP contribution < -0.4 is 0 Å². The molecule has 1 aliphatic carbocycles. The number of esters is 1. The average Bonchev–Trinajstić information content (AvgIpc) is 2.30. The van der Waals surface area contributed by atoms with E-state index in [4.69, 9.17) is 4.74 Å². The van der Waals surface area contributed by atoms with Crippen LogP contribution in [0, 0.1) is 0 Å². The Morgan fingerprint density at radius 1 is 1.20 bits per heavy atom. The van der Waals surface area contributed by atoms with E-state index < -0.39 is 0 Å². The number of hydrogen-bond donors (Lipinski definition) is 0. The zero-order valence-electron chi connectivity index (χ0n) is 8.14. The molecule has 0 spiro atoms. The van der Waals surface area contributed by atoms with E-state index in [1.54, 1.807) is 0 Å². The van der Waals surface area contributed by atoms with Crippen molar-refractivity contribution < 1.29 is 9.53 Å².